The van der Waals surface area contributed by atoms with Gasteiger partial charge in [0, 0.05) is 24.2 Å². The number of carbonyl (C=O) groups is 2. The lowest BCUT2D eigenvalue weighted by Gasteiger charge is -2.07. The highest BCUT2D eigenvalue weighted by Crippen LogP contribution is 2.25. The van der Waals surface area contributed by atoms with Gasteiger partial charge in [-0.3, -0.25) is 14.6 Å². The number of amides is 2. The summed E-state index contributed by atoms with van der Waals surface area (Å²) < 4.78 is 2.84. The Labute approximate surface area is 165 Å². The van der Waals surface area contributed by atoms with Gasteiger partial charge in [0.05, 0.1) is 29.0 Å². The van der Waals surface area contributed by atoms with Gasteiger partial charge in [0.2, 0.25) is 5.91 Å². The van der Waals surface area contributed by atoms with E-state index in [0.717, 1.165) is 21.0 Å². The molecule has 2 N–H and O–H groups in total. The number of fused-ring (bicyclic) bond motifs is 1. The Kier molecular flexibility index (Phi) is 5.11. The zero-order chi connectivity index (χ0) is 19.3. The summed E-state index contributed by atoms with van der Waals surface area (Å²) in [6.45, 7) is 0.228. The minimum atomic E-state index is -0.300. The number of thiazole rings is 1. The van der Waals surface area contributed by atoms with Gasteiger partial charge >= 0.3 is 0 Å². The fraction of sp³-hybridized carbons (Fsp3) is 0.100. The molecule has 3 aromatic heterocycles. The lowest BCUT2D eigenvalue weighted by Crippen LogP contribution is -2.36. The third kappa shape index (κ3) is 4.07. The van der Waals surface area contributed by atoms with E-state index in [1.54, 1.807) is 18.3 Å². The Morgan fingerprint density at radius 2 is 1.89 bits per heavy atom. The number of pyridine rings is 1. The number of nitrogens with one attached hydrogen (secondary N) is 2. The van der Waals surface area contributed by atoms with Crippen LogP contribution in [0.3, 0.4) is 0 Å². The molecule has 28 heavy (non-hydrogen) atoms. The highest BCUT2D eigenvalue weighted by atomic mass is 32.1. The smallest absolute Gasteiger partial charge is 0.251 e. The molecule has 3 heterocycles. The normalized spacial score (nSPS) is 10.7. The average molecular weight is 391 g/mol. The number of carbonyl (C=O) groups excluding carboxylic acids is 2. The molecular formula is C20H17N5O2S. The molecule has 0 fully saturated rings. The van der Waals surface area contributed by atoms with Crippen molar-refractivity contribution in [3.05, 3.63) is 78.4 Å². The second-order valence-corrected chi connectivity index (χ2v) is 7.06. The monoisotopic (exact) mass is 391 g/mol. The van der Waals surface area contributed by atoms with Crippen LogP contribution >= 0.6 is 11.3 Å². The van der Waals surface area contributed by atoms with Crippen molar-refractivity contribution in [1.29, 1.82) is 0 Å². The predicted octanol–water partition coefficient (Wildman–Crippen LogP) is 2.53. The summed E-state index contributed by atoms with van der Waals surface area (Å²) in [7, 11) is 0. The molecule has 0 spiro atoms. The molecule has 8 heteroatoms. The quantitative estimate of drug-likeness (QED) is 0.529. The van der Waals surface area contributed by atoms with E-state index in [2.05, 4.69) is 20.6 Å². The number of hydrogen-bond acceptors (Lipinski definition) is 5. The maximum atomic E-state index is 12.4. The Morgan fingerprint density at radius 1 is 1.04 bits per heavy atom. The fourth-order valence-electron chi connectivity index (χ4n) is 2.64. The second kappa shape index (κ2) is 8.01. The molecular weight excluding hydrogens is 374 g/mol. The van der Waals surface area contributed by atoms with E-state index in [-0.39, 0.29) is 18.4 Å². The summed E-state index contributed by atoms with van der Waals surface area (Å²) in [4.78, 5) is 33.0. The van der Waals surface area contributed by atoms with Crippen LogP contribution in [-0.4, -0.2) is 32.9 Å². The van der Waals surface area contributed by atoms with Gasteiger partial charge in [-0.15, -0.1) is 0 Å². The summed E-state index contributed by atoms with van der Waals surface area (Å²) in [6, 6.07) is 14.7. The molecule has 7 nitrogen and oxygen atoms in total. The summed E-state index contributed by atoms with van der Waals surface area (Å²) in [5.41, 5.74) is 2.09. The number of rotatable bonds is 6. The molecule has 2 amide bonds. The van der Waals surface area contributed by atoms with Crippen molar-refractivity contribution in [1.82, 2.24) is 25.2 Å². The lowest BCUT2D eigenvalue weighted by atomic mass is 10.2. The van der Waals surface area contributed by atoms with Crippen LogP contribution in [0.2, 0.25) is 0 Å². The van der Waals surface area contributed by atoms with Crippen molar-refractivity contribution < 1.29 is 9.59 Å². The van der Waals surface area contributed by atoms with Crippen LogP contribution in [-0.2, 0) is 11.3 Å². The van der Waals surface area contributed by atoms with Gasteiger partial charge in [0.1, 0.15) is 0 Å². The van der Waals surface area contributed by atoms with Crippen LogP contribution < -0.4 is 10.6 Å². The number of benzene rings is 1. The van der Waals surface area contributed by atoms with E-state index in [9.17, 15) is 9.59 Å². The average Bonchev–Trinajstić information content (AvgIpc) is 3.40. The van der Waals surface area contributed by atoms with Crippen LogP contribution in [0.1, 0.15) is 16.1 Å². The van der Waals surface area contributed by atoms with Gasteiger partial charge < -0.3 is 15.2 Å². The molecule has 0 aliphatic carbocycles. The molecule has 0 radical (unpaired) electrons. The maximum Gasteiger partial charge on any atom is 0.251 e. The van der Waals surface area contributed by atoms with Crippen LogP contribution in [0, 0.1) is 0 Å². The van der Waals surface area contributed by atoms with Gasteiger partial charge in [-0.2, -0.15) is 0 Å². The van der Waals surface area contributed by atoms with E-state index in [1.807, 2.05) is 53.4 Å². The first-order valence-electron chi connectivity index (χ1n) is 8.68. The Morgan fingerprint density at radius 3 is 2.68 bits per heavy atom. The number of nitrogens with zero attached hydrogens (tertiary/aromatic N) is 3. The van der Waals surface area contributed by atoms with E-state index in [0.29, 0.717) is 12.1 Å². The molecule has 0 bridgehead atoms. The third-order valence-electron chi connectivity index (χ3n) is 4.07. The summed E-state index contributed by atoms with van der Waals surface area (Å²) in [5, 5.41) is 6.21. The second-order valence-electron chi connectivity index (χ2n) is 6.05. The zero-order valence-electron chi connectivity index (χ0n) is 14.8. The van der Waals surface area contributed by atoms with Crippen molar-refractivity contribution in [2.75, 3.05) is 6.54 Å². The third-order valence-corrected chi connectivity index (χ3v) is 5.10. The SMILES string of the molecule is O=C(CNC(=O)c1ccc2nc(-n3cccc3)sc2c1)NCc1ccccn1. The minimum absolute atomic E-state index is 0.0962. The Bertz CT molecular complexity index is 1110. The highest BCUT2D eigenvalue weighted by Gasteiger charge is 2.11. The first kappa shape index (κ1) is 17.9. The van der Waals surface area contributed by atoms with Gasteiger partial charge in [0.15, 0.2) is 5.13 Å². The molecule has 4 aromatic rings. The molecule has 4 rings (SSSR count). The van der Waals surface area contributed by atoms with E-state index < -0.39 is 0 Å². The van der Waals surface area contributed by atoms with Crippen molar-refractivity contribution in [2.45, 2.75) is 6.54 Å². The molecule has 0 unspecified atom stereocenters. The van der Waals surface area contributed by atoms with Gasteiger partial charge in [-0.1, -0.05) is 17.4 Å². The molecule has 0 atom stereocenters. The molecule has 140 valence electrons. The van der Waals surface area contributed by atoms with Crippen LogP contribution in [0.25, 0.3) is 15.3 Å². The number of hydrogen-bond donors (Lipinski definition) is 2. The van der Waals surface area contributed by atoms with E-state index in [4.69, 9.17) is 0 Å². The fourth-order valence-corrected chi connectivity index (χ4v) is 3.62. The van der Waals surface area contributed by atoms with Gasteiger partial charge in [0.25, 0.3) is 5.91 Å². The largest absolute Gasteiger partial charge is 0.349 e. The standard InChI is InChI=1S/C20H17N5O2S/c26-18(22-12-15-5-1-2-8-21-15)13-23-19(27)14-6-7-16-17(11-14)28-20(24-16)25-9-3-4-10-25/h1-11H,12-13H2,(H,22,26)(H,23,27). The molecule has 1 aromatic carbocycles. The highest BCUT2D eigenvalue weighted by molar-refractivity contribution is 7.20. The van der Waals surface area contributed by atoms with Crippen LogP contribution in [0.5, 0.6) is 0 Å². The topological polar surface area (TPSA) is 88.9 Å². The summed E-state index contributed by atoms with van der Waals surface area (Å²) >= 11 is 1.50. The summed E-state index contributed by atoms with van der Waals surface area (Å²) in [5.74, 6) is -0.571. The Hall–Kier alpha value is -3.52. The van der Waals surface area contributed by atoms with Crippen LogP contribution in [0.4, 0.5) is 0 Å². The molecule has 0 saturated heterocycles. The molecule has 0 aliphatic rings. The van der Waals surface area contributed by atoms with Crippen molar-refractivity contribution in [3.63, 3.8) is 0 Å². The maximum absolute atomic E-state index is 12.4. The van der Waals surface area contributed by atoms with Crippen molar-refractivity contribution in [3.8, 4) is 5.13 Å². The Balaban J connectivity index is 1.36. The first-order chi connectivity index (χ1) is 13.7. The van der Waals surface area contributed by atoms with Crippen LogP contribution in [0.15, 0.2) is 67.1 Å². The lowest BCUT2D eigenvalue weighted by molar-refractivity contribution is -0.120. The van der Waals surface area contributed by atoms with Crippen molar-refractivity contribution in [2.24, 2.45) is 0 Å². The van der Waals surface area contributed by atoms with E-state index >= 15 is 0 Å². The van der Waals surface area contributed by atoms with Crippen molar-refractivity contribution >= 4 is 33.4 Å². The molecule has 0 saturated carbocycles. The van der Waals surface area contributed by atoms with E-state index in [1.165, 1.54) is 11.3 Å². The first-order valence-corrected chi connectivity index (χ1v) is 9.49. The van der Waals surface area contributed by atoms with Gasteiger partial charge in [-0.05, 0) is 42.5 Å². The van der Waals surface area contributed by atoms with Gasteiger partial charge in [-0.25, -0.2) is 4.98 Å². The predicted molar refractivity (Wildman–Crippen MR) is 107 cm³/mol. The summed E-state index contributed by atoms with van der Waals surface area (Å²) in [6.07, 6.45) is 5.52. The number of aromatic nitrogens is 3. The zero-order valence-corrected chi connectivity index (χ0v) is 15.6. The molecule has 0 aliphatic heterocycles. The minimum Gasteiger partial charge on any atom is -0.349 e.